The smallest absolute Gasteiger partial charge is 0.343 e. The van der Waals surface area contributed by atoms with Crippen molar-refractivity contribution >= 4 is 5.97 Å². The molecule has 0 aromatic carbocycles. The fourth-order valence-corrected chi connectivity index (χ4v) is 1.61. The Bertz CT molecular complexity index is 664. The van der Waals surface area contributed by atoms with E-state index in [1.165, 1.54) is 6.07 Å². The van der Waals surface area contributed by atoms with Gasteiger partial charge >= 0.3 is 5.97 Å². The highest BCUT2D eigenvalue weighted by molar-refractivity contribution is 5.90. The van der Waals surface area contributed by atoms with E-state index in [2.05, 4.69) is 15.2 Å². The second-order valence-corrected chi connectivity index (χ2v) is 3.97. The lowest BCUT2D eigenvalue weighted by Crippen LogP contribution is -2.21. The number of H-pyrrole nitrogens is 1. The topological polar surface area (TPSA) is 84.9 Å². The molecular formula is C13H13N3O3. The number of aryl methyl sites for hydroxylation is 1. The van der Waals surface area contributed by atoms with Gasteiger partial charge in [0.25, 0.3) is 5.56 Å². The van der Waals surface area contributed by atoms with E-state index >= 15 is 0 Å². The molecule has 2 rings (SSSR count). The third-order valence-electron chi connectivity index (χ3n) is 2.47. The van der Waals surface area contributed by atoms with Crippen LogP contribution in [0.3, 0.4) is 0 Å². The van der Waals surface area contributed by atoms with Gasteiger partial charge in [-0.05, 0) is 31.5 Å². The maximum atomic E-state index is 11.6. The van der Waals surface area contributed by atoms with Gasteiger partial charge in [-0.3, -0.25) is 9.78 Å². The molecule has 0 radical (unpaired) electrons. The standard InChI is InChI=1S/C13H13N3O3/c1-3-19-13(18)10-5-11(15-16-12(10)17)9-4-8(2)6-14-7-9/h4-7H,3H2,1-2H3,(H,16,17). The summed E-state index contributed by atoms with van der Waals surface area (Å²) >= 11 is 0. The fourth-order valence-electron chi connectivity index (χ4n) is 1.61. The molecule has 0 atom stereocenters. The van der Waals surface area contributed by atoms with E-state index in [1.807, 2.05) is 13.0 Å². The van der Waals surface area contributed by atoms with Crippen LogP contribution in [0.25, 0.3) is 11.3 Å². The normalized spacial score (nSPS) is 10.2. The summed E-state index contributed by atoms with van der Waals surface area (Å²) in [5.74, 6) is -0.659. The number of pyridine rings is 1. The van der Waals surface area contributed by atoms with Crippen LogP contribution in [0.1, 0.15) is 22.8 Å². The van der Waals surface area contributed by atoms with Crippen molar-refractivity contribution in [3.8, 4) is 11.3 Å². The number of aromatic amines is 1. The quantitative estimate of drug-likeness (QED) is 0.840. The number of nitrogens with one attached hydrogen (secondary N) is 1. The number of nitrogens with zero attached hydrogens (tertiary/aromatic N) is 2. The van der Waals surface area contributed by atoms with Gasteiger partial charge < -0.3 is 4.74 Å². The highest BCUT2D eigenvalue weighted by Crippen LogP contribution is 2.16. The molecule has 0 amide bonds. The van der Waals surface area contributed by atoms with Crippen LogP contribution < -0.4 is 5.56 Å². The van der Waals surface area contributed by atoms with Gasteiger partial charge in [-0.2, -0.15) is 5.10 Å². The van der Waals surface area contributed by atoms with Crippen molar-refractivity contribution in [2.45, 2.75) is 13.8 Å². The number of rotatable bonds is 3. The molecule has 19 heavy (non-hydrogen) atoms. The summed E-state index contributed by atoms with van der Waals surface area (Å²) in [6, 6.07) is 3.27. The summed E-state index contributed by atoms with van der Waals surface area (Å²) in [7, 11) is 0. The Morgan fingerprint density at radius 3 is 2.84 bits per heavy atom. The van der Waals surface area contributed by atoms with Crippen molar-refractivity contribution in [1.29, 1.82) is 0 Å². The molecule has 0 fully saturated rings. The summed E-state index contributed by atoms with van der Waals surface area (Å²) in [5.41, 5.74) is 1.53. The largest absolute Gasteiger partial charge is 0.462 e. The number of hydrogen-bond donors (Lipinski definition) is 1. The lowest BCUT2D eigenvalue weighted by Gasteiger charge is -2.04. The molecule has 0 saturated heterocycles. The van der Waals surface area contributed by atoms with Crippen LogP contribution in [0, 0.1) is 6.92 Å². The zero-order valence-corrected chi connectivity index (χ0v) is 10.6. The van der Waals surface area contributed by atoms with Crippen molar-refractivity contribution < 1.29 is 9.53 Å². The Kier molecular flexibility index (Phi) is 3.70. The van der Waals surface area contributed by atoms with E-state index < -0.39 is 11.5 Å². The van der Waals surface area contributed by atoms with Crippen LogP contribution in [0.5, 0.6) is 0 Å². The van der Waals surface area contributed by atoms with Crippen molar-refractivity contribution in [3.63, 3.8) is 0 Å². The molecule has 0 unspecified atom stereocenters. The third kappa shape index (κ3) is 2.85. The van der Waals surface area contributed by atoms with E-state index in [0.717, 1.165) is 11.1 Å². The molecule has 2 heterocycles. The van der Waals surface area contributed by atoms with Crippen molar-refractivity contribution in [2.24, 2.45) is 0 Å². The lowest BCUT2D eigenvalue weighted by atomic mass is 10.1. The van der Waals surface area contributed by atoms with Crippen molar-refractivity contribution in [1.82, 2.24) is 15.2 Å². The molecule has 0 saturated carbocycles. The van der Waals surface area contributed by atoms with Gasteiger partial charge in [0, 0.05) is 18.0 Å². The molecule has 0 bridgehead atoms. The second-order valence-electron chi connectivity index (χ2n) is 3.97. The Morgan fingerprint density at radius 2 is 2.16 bits per heavy atom. The molecule has 6 heteroatoms. The summed E-state index contributed by atoms with van der Waals surface area (Å²) < 4.78 is 4.82. The van der Waals surface area contributed by atoms with E-state index in [-0.39, 0.29) is 12.2 Å². The zero-order chi connectivity index (χ0) is 13.8. The number of esters is 1. The van der Waals surface area contributed by atoms with E-state index in [0.29, 0.717) is 5.69 Å². The summed E-state index contributed by atoms with van der Waals surface area (Å²) in [5, 5.41) is 6.20. The maximum absolute atomic E-state index is 11.6. The van der Waals surface area contributed by atoms with Gasteiger partial charge in [-0.15, -0.1) is 0 Å². The van der Waals surface area contributed by atoms with Crippen LogP contribution in [-0.4, -0.2) is 27.8 Å². The SMILES string of the molecule is CCOC(=O)c1cc(-c2cncc(C)c2)n[nH]c1=O. The van der Waals surface area contributed by atoms with E-state index in [4.69, 9.17) is 4.74 Å². The minimum atomic E-state index is -0.659. The monoisotopic (exact) mass is 259 g/mol. The predicted molar refractivity (Wildman–Crippen MR) is 68.8 cm³/mol. The van der Waals surface area contributed by atoms with Crippen LogP contribution in [0.2, 0.25) is 0 Å². The first-order valence-electron chi connectivity index (χ1n) is 5.80. The Balaban J connectivity index is 2.47. The second kappa shape index (κ2) is 5.43. The minimum Gasteiger partial charge on any atom is -0.462 e. The van der Waals surface area contributed by atoms with Gasteiger partial charge in [0.05, 0.1) is 12.3 Å². The fraction of sp³-hybridized carbons (Fsp3) is 0.231. The molecule has 1 N–H and O–H groups in total. The molecular weight excluding hydrogens is 246 g/mol. The van der Waals surface area contributed by atoms with Crippen LogP contribution in [-0.2, 0) is 4.74 Å². The first kappa shape index (κ1) is 12.9. The van der Waals surface area contributed by atoms with Crippen molar-refractivity contribution in [2.75, 3.05) is 6.61 Å². The molecule has 0 aliphatic heterocycles. The summed E-state index contributed by atoms with van der Waals surface area (Å²) in [4.78, 5) is 27.2. The van der Waals surface area contributed by atoms with Crippen LogP contribution in [0.4, 0.5) is 0 Å². The Morgan fingerprint density at radius 1 is 1.37 bits per heavy atom. The van der Waals surface area contributed by atoms with Gasteiger partial charge in [0.1, 0.15) is 5.56 Å². The Hall–Kier alpha value is -2.50. The summed E-state index contributed by atoms with van der Waals surface area (Å²) in [6.07, 6.45) is 3.32. The molecule has 2 aromatic heterocycles. The maximum Gasteiger partial charge on any atom is 0.343 e. The molecule has 0 aliphatic carbocycles. The average molecular weight is 259 g/mol. The van der Waals surface area contributed by atoms with Gasteiger partial charge in [-0.1, -0.05) is 0 Å². The van der Waals surface area contributed by atoms with Crippen molar-refractivity contribution in [3.05, 3.63) is 46.0 Å². The molecule has 0 spiro atoms. The third-order valence-corrected chi connectivity index (χ3v) is 2.47. The highest BCUT2D eigenvalue weighted by atomic mass is 16.5. The highest BCUT2D eigenvalue weighted by Gasteiger charge is 2.14. The number of carbonyl (C=O) groups excluding carboxylic acids is 1. The number of aromatic nitrogens is 3. The van der Waals surface area contributed by atoms with Crippen LogP contribution >= 0.6 is 0 Å². The molecule has 6 nitrogen and oxygen atoms in total. The minimum absolute atomic E-state index is 0.0617. The van der Waals surface area contributed by atoms with Gasteiger partial charge in [0.2, 0.25) is 0 Å². The number of hydrogen-bond acceptors (Lipinski definition) is 5. The van der Waals surface area contributed by atoms with E-state index in [1.54, 1.807) is 19.3 Å². The predicted octanol–water partition coefficient (Wildman–Crippen LogP) is 1.32. The number of carbonyl (C=O) groups is 1. The summed E-state index contributed by atoms with van der Waals surface area (Å²) in [6.45, 7) is 3.79. The van der Waals surface area contributed by atoms with Gasteiger partial charge in [-0.25, -0.2) is 9.89 Å². The average Bonchev–Trinajstić information content (AvgIpc) is 2.39. The molecule has 98 valence electrons. The van der Waals surface area contributed by atoms with Crippen LogP contribution in [0.15, 0.2) is 29.3 Å². The number of ether oxygens (including phenoxy) is 1. The van der Waals surface area contributed by atoms with E-state index in [9.17, 15) is 9.59 Å². The first-order chi connectivity index (χ1) is 9.11. The molecule has 2 aromatic rings. The lowest BCUT2D eigenvalue weighted by molar-refractivity contribution is 0.0524. The van der Waals surface area contributed by atoms with Gasteiger partial charge in [0.15, 0.2) is 0 Å². The zero-order valence-electron chi connectivity index (χ0n) is 10.6. The Labute approximate surface area is 109 Å². The molecule has 0 aliphatic rings. The first-order valence-corrected chi connectivity index (χ1v) is 5.80.